The lowest BCUT2D eigenvalue weighted by atomic mass is 10.4. The summed E-state index contributed by atoms with van der Waals surface area (Å²) < 4.78 is 0. The van der Waals surface area contributed by atoms with Crippen LogP contribution >= 0.6 is 8.29 Å². The van der Waals surface area contributed by atoms with Gasteiger partial charge in [-0.25, -0.2) is 19.2 Å². The molecule has 0 unspecified atom stereocenters. The summed E-state index contributed by atoms with van der Waals surface area (Å²) in [5.74, 6) is 0. The van der Waals surface area contributed by atoms with Crippen LogP contribution in [0.5, 0.6) is 0 Å². The summed E-state index contributed by atoms with van der Waals surface area (Å²) in [4.78, 5) is 48.4. The molecule has 9 heteroatoms. The molecule has 4 N–H and O–H groups in total. The minimum absolute atomic E-state index is 0.825. The standard InChI is InChI=1S/C16H14O8S/c17-13(18)25(14(19)20,15(21)22,16(23)24,11-7-3-1-4-8-11)12-9-5-2-6-10-12/h1-10H,(H,17,18)(H,19,20)(H,21,22)(H,23,24). The molecule has 0 saturated carbocycles. The second-order valence-electron chi connectivity index (χ2n) is 5.22. The summed E-state index contributed by atoms with van der Waals surface area (Å²) >= 11 is 0. The SMILES string of the molecule is O=C(O)S(C(=O)O)(C(=O)O)(C(=O)O)(c1ccccc1)c1ccccc1. The lowest BCUT2D eigenvalue weighted by Crippen LogP contribution is -2.58. The van der Waals surface area contributed by atoms with E-state index in [0.29, 0.717) is 0 Å². The van der Waals surface area contributed by atoms with Crippen LogP contribution in [0.3, 0.4) is 0 Å². The maximum atomic E-state index is 12.5. The second-order valence-corrected chi connectivity index (χ2v) is 10.6. The van der Waals surface area contributed by atoms with Gasteiger partial charge in [-0.05, 0) is 24.3 Å². The van der Waals surface area contributed by atoms with Crippen LogP contribution in [0.25, 0.3) is 0 Å². The number of benzene rings is 2. The van der Waals surface area contributed by atoms with Crippen molar-refractivity contribution >= 4 is 29.5 Å². The van der Waals surface area contributed by atoms with Gasteiger partial charge in [0.25, 0.3) is 0 Å². The fourth-order valence-corrected chi connectivity index (χ4v) is 7.37. The van der Waals surface area contributed by atoms with Gasteiger partial charge in [-0.2, -0.15) is 0 Å². The smallest absolute Gasteiger partial charge is 0.368 e. The van der Waals surface area contributed by atoms with Crippen LogP contribution in [0.2, 0.25) is 0 Å². The van der Waals surface area contributed by atoms with Crippen LogP contribution in [-0.4, -0.2) is 41.6 Å². The van der Waals surface area contributed by atoms with Gasteiger partial charge in [0, 0.05) is 9.79 Å². The first-order chi connectivity index (χ1) is 11.7. The zero-order chi connectivity index (χ0) is 18.9. The van der Waals surface area contributed by atoms with E-state index in [1.807, 2.05) is 0 Å². The third-order valence-electron chi connectivity index (χ3n) is 4.41. The van der Waals surface area contributed by atoms with Crippen molar-refractivity contribution < 1.29 is 39.6 Å². The highest BCUT2D eigenvalue weighted by atomic mass is 32.4. The van der Waals surface area contributed by atoms with Crippen molar-refractivity contribution in [1.82, 2.24) is 0 Å². The van der Waals surface area contributed by atoms with Gasteiger partial charge >= 0.3 is 21.2 Å². The molecule has 2 rings (SSSR count). The Kier molecular flexibility index (Phi) is 3.66. The van der Waals surface area contributed by atoms with Gasteiger partial charge < -0.3 is 20.4 Å². The van der Waals surface area contributed by atoms with Gasteiger partial charge in [0.2, 0.25) is 0 Å². The van der Waals surface area contributed by atoms with Gasteiger partial charge in [-0.1, -0.05) is 36.4 Å². The Morgan fingerprint density at radius 2 is 0.760 bits per heavy atom. The second kappa shape index (κ2) is 5.08. The van der Waals surface area contributed by atoms with Crippen molar-refractivity contribution in [3.8, 4) is 0 Å². The van der Waals surface area contributed by atoms with Gasteiger partial charge in [-0.15, -0.1) is 0 Å². The normalized spacial score (nSPS) is 13.9. The molecule has 0 spiro atoms. The molecule has 132 valence electrons. The molecule has 2 aromatic rings. The first-order valence-electron chi connectivity index (χ1n) is 6.76. The number of hydrogen-bond acceptors (Lipinski definition) is 4. The zero-order valence-electron chi connectivity index (χ0n) is 12.6. The van der Waals surface area contributed by atoms with E-state index in [0.717, 1.165) is 24.3 Å². The minimum atomic E-state index is -7.28. The largest absolute Gasteiger partial charge is 0.474 e. The van der Waals surface area contributed by atoms with E-state index in [1.54, 1.807) is 0 Å². The van der Waals surface area contributed by atoms with Crippen LogP contribution in [0.1, 0.15) is 0 Å². The van der Waals surface area contributed by atoms with E-state index in [1.165, 1.54) is 36.4 Å². The molecule has 0 saturated heterocycles. The van der Waals surface area contributed by atoms with E-state index >= 15 is 0 Å². The van der Waals surface area contributed by atoms with Crippen LogP contribution in [0, 0.1) is 0 Å². The van der Waals surface area contributed by atoms with Gasteiger partial charge in [-0.3, -0.25) is 0 Å². The molecule has 25 heavy (non-hydrogen) atoms. The average molecular weight is 366 g/mol. The van der Waals surface area contributed by atoms with E-state index in [4.69, 9.17) is 0 Å². The number of carboxylic acid groups (broad SMARTS) is 4. The summed E-state index contributed by atoms with van der Waals surface area (Å²) in [7, 11) is -7.28. The summed E-state index contributed by atoms with van der Waals surface area (Å²) in [6, 6.07) is 11.1. The predicted molar refractivity (Wildman–Crippen MR) is 89.1 cm³/mol. The Bertz CT molecular complexity index is 787. The van der Waals surface area contributed by atoms with Crippen molar-refractivity contribution in [3.63, 3.8) is 0 Å². The molecule has 8 nitrogen and oxygen atoms in total. The zero-order valence-corrected chi connectivity index (χ0v) is 13.4. The van der Waals surface area contributed by atoms with Crippen molar-refractivity contribution in [2.24, 2.45) is 0 Å². The van der Waals surface area contributed by atoms with Gasteiger partial charge in [0.1, 0.15) is 0 Å². The molecule has 0 aromatic heterocycles. The fraction of sp³-hybridized carbons (Fsp3) is 0. The van der Waals surface area contributed by atoms with Crippen LogP contribution < -0.4 is 0 Å². The lowest BCUT2D eigenvalue weighted by molar-refractivity contribution is 0.200. The summed E-state index contributed by atoms with van der Waals surface area (Å²) in [5.41, 5.74) is 0. The van der Waals surface area contributed by atoms with Crippen molar-refractivity contribution in [3.05, 3.63) is 60.7 Å². The molecule has 0 radical (unpaired) electrons. The molecule has 0 bridgehead atoms. The van der Waals surface area contributed by atoms with Crippen molar-refractivity contribution in [2.75, 3.05) is 0 Å². The number of carbonyl (C=O) groups is 4. The quantitative estimate of drug-likeness (QED) is 0.598. The molecular weight excluding hydrogens is 352 g/mol. The monoisotopic (exact) mass is 366 g/mol. The van der Waals surface area contributed by atoms with E-state index in [-0.39, 0.29) is 0 Å². The third-order valence-corrected chi connectivity index (χ3v) is 10.8. The molecule has 2 aromatic carbocycles. The molecule has 0 aliphatic heterocycles. The van der Waals surface area contributed by atoms with Crippen molar-refractivity contribution in [2.45, 2.75) is 9.79 Å². The van der Waals surface area contributed by atoms with Gasteiger partial charge in [0.15, 0.2) is 0 Å². The van der Waals surface area contributed by atoms with Crippen LogP contribution in [0.4, 0.5) is 19.2 Å². The average Bonchev–Trinajstić information content (AvgIpc) is 2.57. The highest BCUT2D eigenvalue weighted by molar-refractivity contribution is 8.98. The van der Waals surface area contributed by atoms with Crippen molar-refractivity contribution in [1.29, 1.82) is 0 Å². The molecule has 0 fully saturated rings. The summed E-state index contributed by atoms with van der Waals surface area (Å²) in [5, 5.41) is 30.4. The summed E-state index contributed by atoms with van der Waals surface area (Å²) in [6.45, 7) is 0. The van der Waals surface area contributed by atoms with E-state index in [9.17, 15) is 39.6 Å². The Balaban J connectivity index is 3.49. The summed E-state index contributed by atoms with van der Waals surface area (Å²) in [6.07, 6.45) is 0. The first-order valence-corrected chi connectivity index (χ1v) is 9.21. The Labute approximate surface area is 140 Å². The topological polar surface area (TPSA) is 149 Å². The molecule has 0 aliphatic rings. The highest BCUT2D eigenvalue weighted by Crippen LogP contribution is 2.99. The maximum absolute atomic E-state index is 12.5. The van der Waals surface area contributed by atoms with E-state index < -0.39 is 39.3 Å². The number of hydrogen-bond donors (Lipinski definition) is 4. The Morgan fingerprint density at radius 1 is 0.520 bits per heavy atom. The fourth-order valence-electron chi connectivity index (χ4n) is 2.91. The molecule has 0 atom stereocenters. The highest BCUT2D eigenvalue weighted by Gasteiger charge is 2.89. The lowest BCUT2D eigenvalue weighted by Gasteiger charge is -2.62. The predicted octanol–water partition coefficient (Wildman–Crippen LogP) is 4.69. The molecular formula is C16H14O8S. The Morgan fingerprint density at radius 3 is 0.960 bits per heavy atom. The maximum Gasteiger partial charge on any atom is 0.368 e. The van der Waals surface area contributed by atoms with Gasteiger partial charge in [0.05, 0.1) is 8.29 Å². The minimum Gasteiger partial charge on any atom is -0.474 e. The molecule has 0 amide bonds. The third kappa shape index (κ3) is 1.36. The molecule has 0 aliphatic carbocycles. The first kappa shape index (κ1) is 18.0. The number of rotatable bonds is 2. The van der Waals surface area contributed by atoms with Crippen LogP contribution in [-0.2, 0) is 0 Å². The van der Waals surface area contributed by atoms with E-state index in [2.05, 4.69) is 0 Å². The van der Waals surface area contributed by atoms with Crippen LogP contribution in [0.15, 0.2) is 70.5 Å². The Hall–Kier alpha value is -3.33. The molecule has 0 heterocycles.